The maximum Gasteiger partial charge on any atom is 0.289 e. The van der Waals surface area contributed by atoms with Gasteiger partial charge in [-0.25, -0.2) is 12.8 Å². The number of rotatable bonds is 6. The van der Waals surface area contributed by atoms with E-state index in [9.17, 15) is 22.9 Å². The predicted molar refractivity (Wildman–Crippen MR) is 85.2 cm³/mol. The predicted octanol–water partition coefficient (Wildman–Crippen LogP) is 3.09. The van der Waals surface area contributed by atoms with E-state index < -0.39 is 26.5 Å². The number of nitro benzene ring substituents is 1. The Balaban J connectivity index is 1.99. The molecule has 126 valence electrons. The zero-order valence-corrected chi connectivity index (χ0v) is 13.4. The van der Waals surface area contributed by atoms with Crippen LogP contribution in [0.3, 0.4) is 0 Å². The Hall–Kier alpha value is -2.32. The van der Waals surface area contributed by atoms with Crippen LogP contribution in [0.1, 0.15) is 18.4 Å². The molecule has 0 spiro atoms. The monoisotopic (exact) mass is 350 g/mol. The van der Waals surface area contributed by atoms with Crippen molar-refractivity contribution in [2.24, 2.45) is 0 Å². The highest BCUT2D eigenvalue weighted by Gasteiger charge is 2.40. The SMILES string of the molecule is O=[N+]([O-])c1ccccc1S(=O)(=O)N(Cc1ccc(F)cc1)C1CC1. The van der Waals surface area contributed by atoms with E-state index in [0.717, 1.165) is 0 Å². The molecule has 6 nitrogen and oxygen atoms in total. The lowest BCUT2D eigenvalue weighted by atomic mass is 10.2. The van der Waals surface area contributed by atoms with Crippen molar-refractivity contribution in [1.29, 1.82) is 0 Å². The van der Waals surface area contributed by atoms with Crippen LogP contribution < -0.4 is 0 Å². The summed E-state index contributed by atoms with van der Waals surface area (Å²) >= 11 is 0. The van der Waals surface area contributed by atoms with E-state index in [1.165, 1.54) is 52.8 Å². The van der Waals surface area contributed by atoms with Crippen molar-refractivity contribution in [3.8, 4) is 0 Å². The molecule has 0 saturated heterocycles. The first kappa shape index (κ1) is 16.5. The van der Waals surface area contributed by atoms with Crippen molar-refractivity contribution >= 4 is 15.7 Å². The number of hydrogen-bond donors (Lipinski definition) is 0. The number of benzene rings is 2. The van der Waals surface area contributed by atoms with Gasteiger partial charge in [-0.15, -0.1) is 0 Å². The Kier molecular flexibility index (Phi) is 4.33. The molecule has 2 aromatic carbocycles. The van der Waals surface area contributed by atoms with Crippen LogP contribution in [-0.2, 0) is 16.6 Å². The number of sulfonamides is 1. The fraction of sp³-hybridized carbons (Fsp3) is 0.250. The average Bonchev–Trinajstić information content (AvgIpc) is 3.38. The van der Waals surface area contributed by atoms with E-state index >= 15 is 0 Å². The van der Waals surface area contributed by atoms with Gasteiger partial charge in [-0.1, -0.05) is 24.3 Å². The van der Waals surface area contributed by atoms with Crippen LogP contribution in [0.4, 0.5) is 10.1 Å². The van der Waals surface area contributed by atoms with Crippen molar-refractivity contribution in [3.63, 3.8) is 0 Å². The van der Waals surface area contributed by atoms with Crippen LogP contribution in [0, 0.1) is 15.9 Å². The zero-order valence-electron chi connectivity index (χ0n) is 12.6. The van der Waals surface area contributed by atoms with Crippen molar-refractivity contribution in [1.82, 2.24) is 4.31 Å². The van der Waals surface area contributed by atoms with Gasteiger partial charge in [0.2, 0.25) is 10.0 Å². The summed E-state index contributed by atoms with van der Waals surface area (Å²) in [4.78, 5) is 10.1. The van der Waals surface area contributed by atoms with Gasteiger partial charge in [-0.2, -0.15) is 4.31 Å². The lowest BCUT2D eigenvalue weighted by molar-refractivity contribution is -0.387. The smallest absolute Gasteiger partial charge is 0.258 e. The molecular formula is C16H15FN2O4S. The third kappa shape index (κ3) is 3.29. The summed E-state index contributed by atoms with van der Waals surface area (Å²) in [6, 6.07) is 10.7. The first-order valence-corrected chi connectivity index (χ1v) is 8.83. The molecule has 8 heteroatoms. The summed E-state index contributed by atoms with van der Waals surface area (Å²) in [5.41, 5.74) is 0.188. The molecule has 1 fully saturated rings. The summed E-state index contributed by atoms with van der Waals surface area (Å²) in [6.07, 6.45) is 1.42. The Morgan fingerprint density at radius 3 is 2.33 bits per heavy atom. The Morgan fingerprint density at radius 1 is 1.12 bits per heavy atom. The molecule has 3 rings (SSSR count). The highest BCUT2D eigenvalue weighted by Crippen LogP contribution is 2.36. The van der Waals surface area contributed by atoms with Crippen LogP contribution in [0.25, 0.3) is 0 Å². The van der Waals surface area contributed by atoms with Crippen LogP contribution >= 0.6 is 0 Å². The van der Waals surface area contributed by atoms with E-state index in [2.05, 4.69) is 0 Å². The van der Waals surface area contributed by atoms with Gasteiger partial charge >= 0.3 is 0 Å². The number of halogens is 1. The third-order valence-electron chi connectivity index (χ3n) is 3.85. The second-order valence-electron chi connectivity index (χ2n) is 5.63. The summed E-state index contributed by atoms with van der Waals surface area (Å²) in [5, 5.41) is 11.2. The molecule has 24 heavy (non-hydrogen) atoms. The molecule has 0 bridgehead atoms. The minimum absolute atomic E-state index is 0.0549. The second kappa shape index (κ2) is 6.29. The van der Waals surface area contributed by atoms with E-state index in [1.807, 2.05) is 0 Å². The topological polar surface area (TPSA) is 80.5 Å². The van der Waals surface area contributed by atoms with Gasteiger partial charge in [0.05, 0.1) is 4.92 Å². The van der Waals surface area contributed by atoms with Gasteiger partial charge in [0.25, 0.3) is 5.69 Å². The maximum atomic E-state index is 13.0. The van der Waals surface area contributed by atoms with Crippen molar-refractivity contribution in [2.75, 3.05) is 0 Å². The van der Waals surface area contributed by atoms with Crippen LogP contribution in [0.15, 0.2) is 53.4 Å². The van der Waals surface area contributed by atoms with Gasteiger partial charge in [0.15, 0.2) is 4.90 Å². The van der Waals surface area contributed by atoms with E-state index in [4.69, 9.17) is 0 Å². The molecule has 0 heterocycles. The van der Waals surface area contributed by atoms with Crippen LogP contribution in [-0.4, -0.2) is 23.7 Å². The Bertz CT molecular complexity index is 864. The number of hydrogen-bond acceptors (Lipinski definition) is 4. The maximum absolute atomic E-state index is 13.0. The fourth-order valence-corrected chi connectivity index (χ4v) is 4.33. The van der Waals surface area contributed by atoms with Gasteiger partial charge in [-0.05, 0) is 36.6 Å². The van der Waals surface area contributed by atoms with E-state index in [0.29, 0.717) is 18.4 Å². The average molecular weight is 350 g/mol. The number of nitrogens with zero attached hydrogens (tertiary/aromatic N) is 2. The Labute approximate surface area is 138 Å². The Morgan fingerprint density at radius 2 is 1.75 bits per heavy atom. The summed E-state index contributed by atoms with van der Waals surface area (Å²) in [7, 11) is -4.02. The van der Waals surface area contributed by atoms with Gasteiger partial charge < -0.3 is 0 Å². The molecule has 0 aliphatic heterocycles. The second-order valence-corrected chi connectivity index (χ2v) is 7.49. The molecule has 0 N–H and O–H groups in total. The number of para-hydroxylation sites is 1. The van der Waals surface area contributed by atoms with E-state index in [1.54, 1.807) is 0 Å². The summed E-state index contributed by atoms with van der Waals surface area (Å²) < 4.78 is 40.2. The van der Waals surface area contributed by atoms with Crippen molar-refractivity contribution < 1.29 is 17.7 Å². The molecule has 0 atom stereocenters. The highest BCUT2D eigenvalue weighted by atomic mass is 32.2. The molecule has 2 aromatic rings. The van der Waals surface area contributed by atoms with Crippen LogP contribution in [0.2, 0.25) is 0 Å². The van der Waals surface area contributed by atoms with Crippen molar-refractivity contribution in [3.05, 3.63) is 70.0 Å². The highest BCUT2D eigenvalue weighted by molar-refractivity contribution is 7.89. The molecule has 1 aliphatic rings. The van der Waals surface area contributed by atoms with E-state index in [-0.39, 0.29) is 17.5 Å². The van der Waals surface area contributed by atoms with Crippen LogP contribution in [0.5, 0.6) is 0 Å². The van der Waals surface area contributed by atoms with Gasteiger partial charge in [0.1, 0.15) is 5.82 Å². The minimum atomic E-state index is -4.02. The van der Waals surface area contributed by atoms with Crippen molar-refractivity contribution in [2.45, 2.75) is 30.3 Å². The molecule has 0 aromatic heterocycles. The molecule has 1 aliphatic carbocycles. The standard InChI is InChI=1S/C16H15FN2O4S/c17-13-7-5-12(6-8-13)11-18(14-9-10-14)24(22,23)16-4-2-1-3-15(16)19(20)21/h1-8,14H,9-11H2. The fourth-order valence-electron chi connectivity index (χ4n) is 2.50. The molecule has 0 amide bonds. The molecule has 0 unspecified atom stereocenters. The summed E-state index contributed by atoms with van der Waals surface area (Å²) in [6.45, 7) is 0.0549. The largest absolute Gasteiger partial charge is 0.289 e. The lowest BCUT2D eigenvalue weighted by Gasteiger charge is -2.22. The molecule has 1 saturated carbocycles. The quantitative estimate of drug-likeness (QED) is 0.592. The molecule has 0 radical (unpaired) electrons. The number of nitro groups is 1. The zero-order chi connectivity index (χ0) is 17.3. The lowest BCUT2D eigenvalue weighted by Crippen LogP contribution is -2.33. The first-order valence-electron chi connectivity index (χ1n) is 7.39. The minimum Gasteiger partial charge on any atom is -0.258 e. The molecular weight excluding hydrogens is 335 g/mol. The first-order chi connectivity index (χ1) is 11.4. The third-order valence-corrected chi connectivity index (χ3v) is 5.80. The van der Waals surface area contributed by atoms with Gasteiger partial charge in [-0.3, -0.25) is 10.1 Å². The normalized spacial score (nSPS) is 14.8. The van der Waals surface area contributed by atoms with Gasteiger partial charge in [0, 0.05) is 18.7 Å². The summed E-state index contributed by atoms with van der Waals surface area (Å²) in [5.74, 6) is -0.404.